The number of halogens is 2. The Kier molecular flexibility index (Phi) is 5.00. The van der Waals surface area contributed by atoms with E-state index in [4.69, 9.17) is 9.97 Å². The maximum absolute atomic E-state index is 17.6. The zero-order chi connectivity index (χ0) is 32.6. The molecule has 246 valence electrons. The molecule has 2 aliphatic heterocycles. The topological polar surface area (TPSA) is 57.4 Å². The molecule has 3 aromatic heterocycles. The van der Waals surface area contributed by atoms with Crippen molar-refractivity contribution in [3.05, 3.63) is 117 Å². The van der Waals surface area contributed by atoms with Gasteiger partial charge < -0.3 is 9.97 Å². The molecule has 2 N–H and O–H groups in total. The molecule has 0 saturated carbocycles. The Bertz CT molecular complexity index is 2360. The molecular weight excluding hydrogens is 623 g/mol. The van der Waals surface area contributed by atoms with Crippen molar-refractivity contribution in [1.82, 2.24) is 19.9 Å². The summed E-state index contributed by atoms with van der Waals surface area (Å²) in [4.78, 5) is 17.8. The van der Waals surface area contributed by atoms with Crippen molar-refractivity contribution in [3.8, 4) is 0 Å². The SMILES string of the molecule is Fc1c2nc(cc3nc(c(F)c4[nH]c(cc5[nH]c1c1c5C5C=CC1CC5)c1c4C4C=CC1CC4)C1=C3C3C=CC1CC3)C1=C2C2C=CC1CC2. The Morgan fingerprint density at radius 1 is 0.420 bits per heavy atom. The minimum absolute atomic E-state index is 0.148. The molecule has 16 bridgehead atoms. The highest BCUT2D eigenvalue weighted by Gasteiger charge is 2.43. The van der Waals surface area contributed by atoms with Gasteiger partial charge in [0, 0.05) is 58.4 Å². The largest absolute Gasteiger partial charge is 0.353 e. The van der Waals surface area contributed by atoms with Crippen LogP contribution in [-0.4, -0.2) is 19.9 Å². The summed E-state index contributed by atoms with van der Waals surface area (Å²) in [5, 5.41) is 0. The highest BCUT2D eigenvalue weighted by atomic mass is 19.1. The Balaban J connectivity index is 1.22. The average Bonchev–Trinajstić information content (AvgIpc) is 3.97. The molecule has 50 heavy (non-hydrogen) atoms. The van der Waals surface area contributed by atoms with E-state index in [0.29, 0.717) is 22.4 Å². The molecule has 0 spiro atoms. The van der Waals surface area contributed by atoms with Crippen LogP contribution in [-0.2, 0) is 0 Å². The molecule has 14 aliphatic rings. The standard InChI is InChI=1S/C44H36F2N4/c45-39-41-35-23-9-1-19(2-10-23)31(35)27(47-41)17-28-32-20-3-11-24(12-4-20)36(32)43(48-28)40(46)44-38-26-15-7-22(8-16-26)34(38)30(50-44)18-29-33-21-5-13-25(14-6-21)37(33)42(39)49-29/h1,3,5,7,9,11,13,15,17-26,47-48H,2,4,6,8,10,12,14,16H2. The van der Waals surface area contributed by atoms with Gasteiger partial charge in [-0.15, -0.1) is 0 Å². The zero-order valence-corrected chi connectivity index (χ0v) is 27.7. The number of nitrogens with one attached hydrogen (secondary N) is 2. The monoisotopic (exact) mass is 658 g/mol. The van der Waals surface area contributed by atoms with Crippen LogP contribution >= 0.6 is 0 Å². The highest BCUT2D eigenvalue weighted by molar-refractivity contribution is 6.01. The fourth-order valence-electron chi connectivity index (χ4n) is 12.1. The van der Waals surface area contributed by atoms with E-state index in [2.05, 4.69) is 70.7 Å². The maximum atomic E-state index is 17.6. The Morgan fingerprint density at radius 3 is 1.14 bits per heavy atom. The van der Waals surface area contributed by atoms with E-state index in [1.807, 2.05) is 0 Å². The van der Waals surface area contributed by atoms with Crippen molar-refractivity contribution in [2.75, 3.05) is 0 Å². The van der Waals surface area contributed by atoms with Gasteiger partial charge in [-0.2, -0.15) is 0 Å². The summed E-state index contributed by atoms with van der Waals surface area (Å²) in [6, 6.07) is 4.27. The first kappa shape index (κ1) is 27.2. The van der Waals surface area contributed by atoms with Crippen LogP contribution in [0.5, 0.6) is 0 Å². The third kappa shape index (κ3) is 3.23. The summed E-state index contributed by atoms with van der Waals surface area (Å²) in [6.07, 6.45) is 26.6. The highest BCUT2D eigenvalue weighted by Crippen LogP contribution is 2.57. The molecule has 0 fully saturated rings. The Hall–Kier alpha value is -4.58. The molecule has 12 aliphatic carbocycles. The van der Waals surface area contributed by atoms with Gasteiger partial charge in [0.1, 0.15) is 11.4 Å². The van der Waals surface area contributed by atoms with Gasteiger partial charge >= 0.3 is 0 Å². The first-order valence-corrected chi connectivity index (χ1v) is 19.0. The summed E-state index contributed by atoms with van der Waals surface area (Å²) in [6.45, 7) is 0. The lowest BCUT2D eigenvalue weighted by molar-refractivity contribution is 0.551. The van der Waals surface area contributed by atoms with Gasteiger partial charge in [-0.05, 0) is 108 Å². The fourth-order valence-corrected chi connectivity index (χ4v) is 12.1. The van der Waals surface area contributed by atoms with Crippen molar-refractivity contribution < 1.29 is 8.78 Å². The van der Waals surface area contributed by atoms with E-state index in [1.54, 1.807) is 0 Å². The number of rotatable bonds is 0. The van der Waals surface area contributed by atoms with E-state index in [1.165, 1.54) is 11.1 Å². The summed E-state index contributed by atoms with van der Waals surface area (Å²) < 4.78 is 35.3. The number of fused-ring (bicyclic) bond motifs is 12. The van der Waals surface area contributed by atoms with E-state index in [0.717, 1.165) is 107 Å². The van der Waals surface area contributed by atoms with E-state index >= 15 is 8.78 Å². The van der Waals surface area contributed by atoms with Crippen molar-refractivity contribution in [1.29, 1.82) is 0 Å². The number of H-pyrrole nitrogens is 2. The number of aromatic amines is 2. The smallest absolute Gasteiger partial charge is 0.172 e. The van der Waals surface area contributed by atoms with Crippen LogP contribution in [0.4, 0.5) is 8.78 Å². The van der Waals surface area contributed by atoms with Crippen LogP contribution in [0, 0.1) is 35.3 Å². The predicted molar refractivity (Wildman–Crippen MR) is 193 cm³/mol. The molecule has 0 radical (unpaired) electrons. The molecule has 6 heteroatoms. The average molecular weight is 659 g/mol. The zero-order valence-electron chi connectivity index (χ0n) is 27.7. The number of nitrogens with zero attached hydrogens (tertiary/aromatic N) is 2. The van der Waals surface area contributed by atoms with E-state index in [9.17, 15) is 0 Å². The van der Waals surface area contributed by atoms with Gasteiger partial charge in [-0.1, -0.05) is 48.6 Å². The van der Waals surface area contributed by atoms with Gasteiger partial charge in [0.15, 0.2) is 11.6 Å². The Morgan fingerprint density at radius 2 is 0.760 bits per heavy atom. The van der Waals surface area contributed by atoms with Gasteiger partial charge in [-0.25, -0.2) is 18.7 Å². The second-order valence-electron chi connectivity index (χ2n) is 16.4. The van der Waals surface area contributed by atoms with Crippen molar-refractivity contribution in [2.24, 2.45) is 23.7 Å². The van der Waals surface area contributed by atoms with Gasteiger partial charge in [0.05, 0.1) is 22.4 Å². The normalized spacial score (nSPS) is 32.7. The van der Waals surface area contributed by atoms with Crippen molar-refractivity contribution in [2.45, 2.75) is 75.0 Å². The second-order valence-corrected chi connectivity index (χ2v) is 16.4. The molecule has 8 atom stereocenters. The van der Waals surface area contributed by atoms with Gasteiger partial charge in [0.25, 0.3) is 0 Å². The lowest BCUT2D eigenvalue weighted by Crippen LogP contribution is -2.19. The van der Waals surface area contributed by atoms with Crippen LogP contribution in [0.15, 0.2) is 60.7 Å². The molecule has 5 heterocycles. The number of hydrogen-bond donors (Lipinski definition) is 2. The Labute approximate surface area is 288 Å². The van der Waals surface area contributed by atoms with E-state index in [-0.39, 0.29) is 59.0 Å². The number of hydrogen-bond acceptors (Lipinski definition) is 2. The number of allylic oxidation sites excluding steroid dienone is 12. The molecule has 17 rings (SSSR count). The quantitative estimate of drug-likeness (QED) is 0.236. The maximum Gasteiger partial charge on any atom is 0.172 e. The minimum Gasteiger partial charge on any atom is -0.353 e. The number of aromatic nitrogens is 4. The van der Waals surface area contributed by atoms with Crippen LogP contribution in [0.1, 0.15) is 120 Å². The minimum atomic E-state index is -0.235. The molecule has 0 saturated heterocycles. The summed E-state index contributed by atoms with van der Waals surface area (Å²) in [5.41, 5.74) is 14.6. The third-order valence-corrected chi connectivity index (χ3v) is 14.2. The summed E-state index contributed by atoms with van der Waals surface area (Å²) in [7, 11) is 0. The lowest BCUT2D eigenvalue weighted by atomic mass is 9.69. The predicted octanol–water partition coefficient (Wildman–Crippen LogP) is 10.7. The third-order valence-electron chi connectivity index (χ3n) is 14.2. The van der Waals surface area contributed by atoms with Crippen molar-refractivity contribution >= 4 is 44.4 Å². The van der Waals surface area contributed by atoms with Crippen LogP contribution in [0.25, 0.3) is 44.4 Å². The van der Waals surface area contributed by atoms with Crippen LogP contribution in [0.2, 0.25) is 0 Å². The fraction of sp³-hybridized carbons (Fsp3) is 0.364. The van der Waals surface area contributed by atoms with Crippen LogP contribution < -0.4 is 0 Å². The molecular formula is C44H36F2N4. The molecule has 4 nitrogen and oxygen atoms in total. The van der Waals surface area contributed by atoms with E-state index < -0.39 is 0 Å². The second kappa shape index (κ2) is 9.20. The molecule has 0 amide bonds. The lowest BCUT2D eigenvalue weighted by Gasteiger charge is -2.33. The molecule has 3 aromatic rings. The van der Waals surface area contributed by atoms with Crippen LogP contribution in [0.3, 0.4) is 0 Å². The summed E-state index contributed by atoms with van der Waals surface area (Å²) in [5.74, 6) is 1.04. The first-order chi connectivity index (χ1) is 24.6. The van der Waals surface area contributed by atoms with Gasteiger partial charge in [0.2, 0.25) is 0 Å². The molecule has 8 unspecified atom stereocenters. The first-order valence-electron chi connectivity index (χ1n) is 19.0. The summed E-state index contributed by atoms with van der Waals surface area (Å²) >= 11 is 0. The van der Waals surface area contributed by atoms with Gasteiger partial charge in [-0.3, -0.25) is 0 Å². The van der Waals surface area contributed by atoms with Crippen molar-refractivity contribution in [3.63, 3.8) is 0 Å². The molecule has 0 aromatic carbocycles.